The molecule has 0 aliphatic rings. The van der Waals surface area contributed by atoms with Crippen molar-refractivity contribution in [3.8, 4) is 0 Å². The predicted molar refractivity (Wildman–Crippen MR) is 56.8 cm³/mol. The highest BCUT2D eigenvalue weighted by Crippen LogP contribution is 2.36. The van der Waals surface area contributed by atoms with Crippen molar-refractivity contribution in [3.63, 3.8) is 0 Å². The highest BCUT2D eigenvalue weighted by Gasteiger charge is 2.35. The minimum Gasteiger partial charge on any atom is -0.258 e. The number of nitro groups is 1. The number of hydrogen-bond donors (Lipinski definition) is 0. The molecule has 0 fully saturated rings. The van der Waals surface area contributed by atoms with Crippen molar-refractivity contribution >= 4 is 43.3 Å². The SMILES string of the molecule is O=[N+]([O-])c1cc2nc(C(F)(F)F)sc2nc1Br. The average molecular weight is 328 g/mol. The zero-order valence-corrected chi connectivity index (χ0v) is 10.1. The zero-order chi connectivity index (χ0) is 12.8. The lowest BCUT2D eigenvalue weighted by molar-refractivity contribution is -0.385. The predicted octanol–water partition coefficient (Wildman–Crippen LogP) is 3.38. The standard InChI is InChI=1S/C7HBrF3N3O2S/c8-4-3(14(15)16)1-2-5(13-4)17-6(12-2)7(9,10)11/h1H. The van der Waals surface area contributed by atoms with E-state index in [2.05, 4.69) is 25.9 Å². The van der Waals surface area contributed by atoms with Crippen LogP contribution in [0.15, 0.2) is 10.7 Å². The van der Waals surface area contributed by atoms with Crippen LogP contribution in [0, 0.1) is 10.1 Å². The molecule has 2 rings (SSSR count). The van der Waals surface area contributed by atoms with Crippen molar-refractivity contribution < 1.29 is 18.1 Å². The molecular formula is C7HBrF3N3O2S. The normalized spacial score (nSPS) is 12.0. The van der Waals surface area contributed by atoms with Gasteiger partial charge in [-0.15, -0.1) is 0 Å². The van der Waals surface area contributed by atoms with Crippen LogP contribution in [0.1, 0.15) is 5.01 Å². The van der Waals surface area contributed by atoms with Gasteiger partial charge in [-0.25, -0.2) is 9.97 Å². The summed E-state index contributed by atoms with van der Waals surface area (Å²) < 4.78 is 37.0. The Labute approximate surface area is 104 Å². The van der Waals surface area contributed by atoms with Crippen LogP contribution in [0.5, 0.6) is 0 Å². The second-order valence-corrected chi connectivity index (χ2v) is 4.63. The van der Waals surface area contributed by atoms with Gasteiger partial charge >= 0.3 is 11.9 Å². The lowest BCUT2D eigenvalue weighted by atomic mass is 10.4. The summed E-state index contributed by atoms with van der Waals surface area (Å²) in [5.74, 6) is 0. The highest BCUT2D eigenvalue weighted by atomic mass is 79.9. The number of hydrogen-bond acceptors (Lipinski definition) is 5. The number of pyridine rings is 1. The summed E-state index contributed by atoms with van der Waals surface area (Å²) in [6.45, 7) is 0. The van der Waals surface area contributed by atoms with E-state index in [1.165, 1.54) is 0 Å². The van der Waals surface area contributed by atoms with Crippen LogP contribution >= 0.6 is 27.3 Å². The van der Waals surface area contributed by atoms with Crippen LogP contribution in [0.3, 0.4) is 0 Å². The Morgan fingerprint density at radius 2 is 2.06 bits per heavy atom. The van der Waals surface area contributed by atoms with Gasteiger partial charge in [0.2, 0.25) is 5.01 Å². The fourth-order valence-electron chi connectivity index (χ4n) is 1.08. The molecule has 90 valence electrons. The molecule has 0 saturated carbocycles. The molecule has 0 saturated heterocycles. The molecule has 0 aromatic carbocycles. The first-order valence-electron chi connectivity index (χ1n) is 3.97. The van der Waals surface area contributed by atoms with Gasteiger partial charge in [-0.3, -0.25) is 10.1 Å². The van der Waals surface area contributed by atoms with E-state index >= 15 is 0 Å². The highest BCUT2D eigenvalue weighted by molar-refractivity contribution is 9.10. The summed E-state index contributed by atoms with van der Waals surface area (Å²) >= 11 is 3.16. The molecule has 0 atom stereocenters. The van der Waals surface area contributed by atoms with Crippen molar-refractivity contribution in [1.29, 1.82) is 0 Å². The Morgan fingerprint density at radius 1 is 1.41 bits per heavy atom. The van der Waals surface area contributed by atoms with Crippen molar-refractivity contribution in [2.45, 2.75) is 6.18 Å². The molecule has 5 nitrogen and oxygen atoms in total. The summed E-state index contributed by atoms with van der Waals surface area (Å²) in [6, 6.07) is 0.957. The van der Waals surface area contributed by atoms with Crippen LogP contribution < -0.4 is 0 Å². The van der Waals surface area contributed by atoms with Gasteiger partial charge in [-0.1, -0.05) is 11.3 Å². The molecule has 17 heavy (non-hydrogen) atoms. The third kappa shape index (κ3) is 2.22. The van der Waals surface area contributed by atoms with Gasteiger partial charge in [0, 0.05) is 6.07 Å². The third-order valence-corrected chi connectivity index (χ3v) is 3.35. The monoisotopic (exact) mass is 327 g/mol. The number of halogens is 4. The van der Waals surface area contributed by atoms with E-state index in [1.54, 1.807) is 0 Å². The number of thiazole rings is 1. The van der Waals surface area contributed by atoms with Crippen molar-refractivity contribution in [2.75, 3.05) is 0 Å². The van der Waals surface area contributed by atoms with E-state index in [4.69, 9.17) is 0 Å². The lowest BCUT2D eigenvalue weighted by Gasteiger charge is -1.97. The van der Waals surface area contributed by atoms with Gasteiger partial charge < -0.3 is 0 Å². The first kappa shape index (κ1) is 12.2. The van der Waals surface area contributed by atoms with E-state index in [0.29, 0.717) is 11.3 Å². The van der Waals surface area contributed by atoms with E-state index in [1.807, 2.05) is 0 Å². The molecule has 0 N–H and O–H groups in total. The Kier molecular flexibility index (Phi) is 2.78. The maximum atomic E-state index is 12.4. The van der Waals surface area contributed by atoms with Crippen LogP contribution in [0.2, 0.25) is 0 Å². The number of rotatable bonds is 1. The summed E-state index contributed by atoms with van der Waals surface area (Å²) in [6.07, 6.45) is -4.58. The van der Waals surface area contributed by atoms with Crippen LogP contribution in [-0.4, -0.2) is 14.9 Å². The smallest absolute Gasteiger partial charge is 0.258 e. The van der Waals surface area contributed by atoms with Gasteiger partial charge in [-0.05, 0) is 15.9 Å². The molecule has 2 aromatic heterocycles. The summed E-state index contributed by atoms with van der Waals surface area (Å²) in [5, 5.41) is 9.48. The topological polar surface area (TPSA) is 68.9 Å². The first-order valence-corrected chi connectivity index (χ1v) is 5.58. The largest absolute Gasteiger partial charge is 0.443 e. The maximum Gasteiger partial charge on any atom is 0.443 e. The second-order valence-electron chi connectivity index (χ2n) is 2.90. The van der Waals surface area contributed by atoms with Gasteiger partial charge in [0.05, 0.1) is 4.92 Å². The summed E-state index contributed by atoms with van der Waals surface area (Å²) in [4.78, 5) is 16.7. The van der Waals surface area contributed by atoms with Gasteiger partial charge in [0.1, 0.15) is 10.3 Å². The molecule has 2 heterocycles. The Balaban J connectivity index is 2.67. The Hall–Kier alpha value is -1.29. The summed E-state index contributed by atoms with van der Waals surface area (Å²) in [7, 11) is 0. The van der Waals surface area contributed by atoms with Gasteiger partial charge in [-0.2, -0.15) is 13.2 Å². The number of nitrogens with zero attached hydrogens (tertiary/aromatic N) is 3. The van der Waals surface area contributed by atoms with Crippen LogP contribution in [0.4, 0.5) is 18.9 Å². The number of alkyl halides is 3. The maximum absolute atomic E-state index is 12.4. The molecule has 0 spiro atoms. The fourth-order valence-corrected chi connectivity index (χ4v) is 2.43. The fraction of sp³-hybridized carbons (Fsp3) is 0.143. The van der Waals surface area contributed by atoms with E-state index in [9.17, 15) is 23.3 Å². The number of aromatic nitrogens is 2. The lowest BCUT2D eigenvalue weighted by Crippen LogP contribution is -2.03. The number of fused-ring (bicyclic) bond motifs is 1. The summed E-state index contributed by atoms with van der Waals surface area (Å²) in [5.41, 5.74) is -0.561. The van der Waals surface area contributed by atoms with Gasteiger partial charge in [0.25, 0.3) is 0 Å². The molecule has 0 amide bonds. The molecule has 2 aromatic rings. The molecule has 0 aliphatic heterocycles. The Morgan fingerprint density at radius 3 is 2.59 bits per heavy atom. The van der Waals surface area contributed by atoms with E-state index < -0.39 is 21.8 Å². The molecular weight excluding hydrogens is 327 g/mol. The zero-order valence-electron chi connectivity index (χ0n) is 7.66. The molecule has 10 heteroatoms. The molecule has 0 bridgehead atoms. The van der Waals surface area contributed by atoms with Crippen molar-refractivity contribution in [3.05, 3.63) is 25.8 Å². The molecule has 0 radical (unpaired) electrons. The molecule has 0 aliphatic carbocycles. The quantitative estimate of drug-likeness (QED) is 0.457. The van der Waals surface area contributed by atoms with Crippen molar-refractivity contribution in [1.82, 2.24) is 9.97 Å². The molecule has 0 unspecified atom stereocenters. The van der Waals surface area contributed by atoms with Crippen LogP contribution in [0.25, 0.3) is 10.3 Å². The first-order chi connectivity index (χ1) is 7.79. The third-order valence-electron chi connectivity index (χ3n) is 1.76. The van der Waals surface area contributed by atoms with Crippen molar-refractivity contribution in [2.24, 2.45) is 0 Å². The Bertz CT molecular complexity index is 612. The second kappa shape index (κ2) is 3.88. The minimum absolute atomic E-state index is 0.00481. The van der Waals surface area contributed by atoms with E-state index in [0.717, 1.165) is 6.07 Å². The van der Waals surface area contributed by atoms with E-state index in [-0.39, 0.29) is 15.0 Å². The van der Waals surface area contributed by atoms with Crippen LogP contribution in [-0.2, 0) is 6.18 Å². The minimum atomic E-state index is -4.58. The average Bonchev–Trinajstić information content (AvgIpc) is 2.58. The van der Waals surface area contributed by atoms with Gasteiger partial charge in [0.15, 0.2) is 4.60 Å².